The molecule has 1 unspecified atom stereocenters. The second-order valence-electron chi connectivity index (χ2n) is 3.92. The molecule has 1 aromatic rings. The van der Waals surface area contributed by atoms with Crippen LogP contribution in [0.1, 0.15) is 11.1 Å². The molecule has 0 aromatic heterocycles. The summed E-state index contributed by atoms with van der Waals surface area (Å²) >= 11 is 0. The Bertz CT molecular complexity index is 444. The van der Waals surface area contributed by atoms with Crippen molar-refractivity contribution >= 4 is 12.4 Å². The molecule has 0 saturated heterocycles. The third-order valence-electron chi connectivity index (χ3n) is 2.76. The number of carbonyl (C=O) groups is 2. The molecule has 90 valence electrons. The van der Waals surface area contributed by atoms with Crippen molar-refractivity contribution in [3.05, 3.63) is 29.3 Å². The van der Waals surface area contributed by atoms with Crippen LogP contribution < -0.4 is 10.1 Å². The van der Waals surface area contributed by atoms with Gasteiger partial charge in [-0.1, -0.05) is 12.1 Å². The molecular formula is C12H13NO4. The fourth-order valence-corrected chi connectivity index (χ4v) is 1.90. The molecule has 1 heterocycles. The lowest BCUT2D eigenvalue weighted by Gasteiger charge is -2.11. The largest absolute Gasteiger partial charge is 0.493 e. The van der Waals surface area contributed by atoms with Gasteiger partial charge in [0, 0.05) is 12.8 Å². The number of fused-ring (bicyclic) bond motifs is 1. The third kappa shape index (κ3) is 2.55. The molecule has 2 rings (SSSR count). The summed E-state index contributed by atoms with van der Waals surface area (Å²) in [6.07, 6.45) is 1.54. The molecule has 0 aliphatic carbocycles. The minimum absolute atomic E-state index is 0.279. The lowest BCUT2D eigenvalue weighted by Crippen LogP contribution is -2.37. The number of hydrogen-bond acceptors (Lipinski definition) is 3. The van der Waals surface area contributed by atoms with Crippen molar-refractivity contribution < 1.29 is 19.4 Å². The molecule has 1 aliphatic heterocycles. The van der Waals surface area contributed by atoms with Crippen LogP contribution >= 0.6 is 0 Å². The van der Waals surface area contributed by atoms with Gasteiger partial charge >= 0.3 is 5.97 Å². The van der Waals surface area contributed by atoms with Gasteiger partial charge < -0.3 is 15.2 Å². The zero-order valence-corrected chi connectivity index (χ0v) is 9.18. The molecule has 0 fully saturated rings. The summed E-state index contributed by atoms with van der Waals surface area (Å²) in [6, 6.07) is 4.72. The van der Waals surface area contributed by atoms with Crippen LogP contribution in [-0.2, 0) is 22.4 Å². The Morgan fingerprint density at radius 2 is 2.41 bits per heavy atom. The van der Waals surface area contributed by atoms with Crippen LogP contribution in [0, 0.1) is 0 Å². The van der Waals surface area contributed by atoms with Gasteiger partial charge in [-0.2, -0.15) is 0 Å². The molecule has 17 heavy (non-hydrogen) atoms. The van der Waals surface area contributed by atoms with E-state index in [4.69, 9.17) is 9.84 Å². The van der Waals surface area contributed by atoms with E-state index in [1.807, 2.05) is 18.2 Å². The summed E-state index contributed by atoms with van der Waals surface area (Å²) in [6.45, 7) is 0.674. The van der Waals surface area contributed by atoms with Crippen molar-refractivity contribution in [2.75, 3.05) is 6.61 Å². The van der Waals surface area contributed by atoms with Gasteiger partial charge in [-0.15, -0.1) is 0 Å². The molecule has 1 aliphatic rings. The highest BCUT2D eigenvalue weighted by Gasteiger charge is 2.18. The predicted octanol–water partition coefficient (Wildman–Crippen LogP) is 0.363. The van der Waals surface area contributed by atoms with E-state index in [-0.39, 0.29) is 6.42 Å². The quantitative estimate of drug-likeness (QED) is 0.723. The number of carbonyl (C=O) groups excluding carboxylic acids is 1. The van der Waals surface area contributed by atoms with E-state index in [2.05, 4.69) is 5.32 Å². The normalized spacial score (nSPS) is 14.6. The summed E-state index contributed by atoms with van der Waals surface area (Å²) < 4.78 is 5.37. The van der Waals surface area contributed by atoms with E-state index < -0.39 is 12.0 Å². The number of amides is 1. The molecule has 1 aromatic carbocycles. The number of aliphatic carboxylic acids is 1. The van der Waals surface area contributed by atoms with Gasteiger partial charge in [-0.05, 0) is 17.2 Å². The minimum Gasteiger partial charge on any atom is -0.493 e. The number of nitrogens with one attached hydrogen (secondary N) is 1. The molecule has 1 atom stereocenters. The standard InChI is InChI=1S/C12H13NO4/c14-7-13-10(12(15)16)6-8-1-2-11-9(5-8)3-4-17-11/h1-2,5,7,10H,3-4,6H2,(H,13,14)(H,15,16). The average Bonchev–Trinajstić information content (AvgIpc) is 2.75. The van der Waals surface area contributed by atoms with Crippen LogP contribution in [0.3, 0.4) is 0 Å². The monoisotopic (exact) mass is 235 g/mol. The Morgan fingerprint density at radius 1 is 1.59 bits per heavy atom. The topological polar surface area (TPSA) is 75.6 Å². The first-order chi connectivity index (χ1) is 8.20. The summed E-state index contributed by atoms with van der Waals surface area (Å²) in [5.41, 5.74) is 1.98. The number of carboxylic acids is 1. The lowest BCUT2D eigenvalue weighted by atomic mass is 10.0. The van der Waals surface area contributed by atoms with Gasteiger partial charge in [0.15, 0.2) is 0 Å². The average molecular weight is 235 g/mol. The number of ether oxygens (including phenoxy) is 1. The maximum Gasteiger partial charge on any atom is 0.326 e. The first-order valence-corrected chi connectivity index (χ1v) is 5.38. The van der Waals surface area contributed by atoms with Crippen LogP contribution in [0.2, 0.25) is 0 Å². The zero-order valence-electron chi connectivity index (χ0n) is 9.18. The Hall–Kier alpha value is -2.04. The summed E-state index contributed by atoms with van der Waals surface area (Å²) in [4.78, 5) is 21.2. The SMILES string of the molecule is O=CNC(Cc1ccc2c(c1)CCO2)C(=O)O. The van der Waals surface area contributed by atoms with Gasteiger partial charge in [0.2, 0.25) is 6.41 Å². The lowest BCUT2D eigenvalue weighted by molar-refractivity contribution is -0.140. The second-order valence-corrected chi connectivity index (χ2v) is 3.92. The number of rotatable bonds is 5. The molecular weight excluding hydrogens is 222 g/mol. The van der Waals surface area contributed by atoms with E-state index in [1.54, 1.807) is 0 Å². The van der Waals surface area contributed by atoms with Crippen LogP contribution in [0.25, 0.3) is 0 Å². The molecule has 5 nitrogen and oxygen atoms in total. The van der Waals surface area contributed by atoms with Crippen molar-refractivity contribution in [2.45, 2.75) is 18.9 Å². The molecule has 0 bridgehead atoms. The molecule has 1 amide bonds. The Labute approximate surface area is 98.4 Å². The first kappa shape index (κ1) is 11.4. The summed E-state index contributed by atoms with van der Waals surface area (Å²) in [5.74, 6) is -0.169. The number of hydrogen-bond donors (Lipinski definition) is 2. The summed E-state index contributed by atoms with van der Waals surface area (Å²) in [5, 5.41) is 11.2. The highest BCUT2D eigenvalue weighted by atomic mass is 16.5. The Morgan fingerprint density at radius 3 is 3.12 bits per heavy atom. The van der Waals surface area contributed by atoms with Gasteiger partial charge in [0.1, 0.15) is 11.8 Å². The predicted molar refractivity (Wildman–Crippen MR) is 60.0 cm³/mol. The van der Waals surface area contributed by atoms with Crippen LogP contribution in [0.5, 0.6) is 5.75 Å². The Balaban J connectivity index is 2.12. The van der Waals surface area contributed by atoms with E-state index in [9.17, 15) is 9.59 Å². The van der Waals surface area contributed by atoms with Crippen LogP contribution in [0.15, 0.2) is 18.2 Å². The molecule has 0 radical (unpaired) electrons. The van der Waals surface area contributed by atoms with Crippen molar-refractivity contribution in [1.82, 2.24) is 5.32 Å². The van der Waals surface area contributed by atoms with E-state index in [0.29, 0.717) is 13.0 Å². The van der Waals surface area contributed by atoms with Crippen molar-refractivity contribution in [2.24, 2.45) is 0 Å². The minimum atomic E-state index is -1.03. The van der Waals surface area contributed by atoms with Crippen LogP contribution in [-0.4, -0.2) is 30.1 Å². The maximum atomic E-state index is 10.9. The second kappa shape index (κ2) is 4.86. The smallest absolute Gasteiger partial charge is 0.326 e. The van der Waals surface area contributed by atoms with Gasteiger partial charge in [-0.25, -0.2) is 4.79 Å². The van der Waals surface area contributed by atoms with Crippen molar-refractivity contribution in [3.8, 4) is 5.75 Å². The highest BCUT2D eigenvalue weighted by molar-refractivity contribution is 5.76. The fraction of sp³-hybridized carbons (Fsp3) is 0.333. The van der Waals surface area contributed by atoms with Gasteiger partial charge in [0.05, 0.1) is 6.61 Å². The van der Waals surface area contributed by atoms with E-state index in [1.165, 1.54) is 0 Å². The van der Waals surface area contributed by atoms with Crippen molar-refractivity contribution in [1.29, 1.82) is 0 Å². The molecule has 2 N–H and O–H groups in total. The zero-order chi connectivity index (χ0) is 12.3. The first-order valence-electron chi connectivity index (χ1n) is 5.38. The number of carboxylic acid groups (broad SMARTS) is 1. The third-order valence-corrected chi connectivity index (χ3v) is 2.76. The number of benzene rings is 1. The van der Waals surface area contributed by atoms with Gasteiger partial charge in [0.25, 0.3) is 0 Å². The molecule has 0 spiro atoms. The molecule has 0 saturated carbocycles. The fourth-order valence-electron chi connectivity index (χ4n) is 1.90. The summed E-state index contributed by atoms with van der Waals surface area (Å²) in [7, 11) is 0. The highest BCUT2D eigenvalue weighted by Crippen LogP contribution is 2.26. The van der Waals surface area contributed by atoms with Gasteiger partial charge in [-0.3, -0.25) is 4.79 Å². The maximum absolute atomic E-state index is 10.9. The van der Waals surface area contributed by atoms with Crippen LogP contribution in [0.4, 0.5) is 0 Å². The van der Waals surface area contributed by atoms with Crippen molar-refractivity contribution in [3.63, 3.8) is 0 Å². The Kier molecular flexibility index (Phi) is 3.27. The van der Waals surface area contributed by atoms with E-state index >= 15 is 0 Å². The van der Waals surface area contributed by atoms with E-state index in [0.717, 1.165) is 23.3 Å². The molecule has 5 heteroatoms.